The maximum Gasteiger partial charge on any atom is 0.274 e. The lowest BCUT2D eigenvalue weighted by Gasteiger charge is -2.17. The molecule has 2 N–H and O–H groups in total. The largest absolute Gasteiger partial charge is 0.372 e. The highest BCUT2D eigenvalue weighted by atomic mass is 16.1. The van der Waals surface area contributed by atoms with Crippen molar-refractivity contribution in [2.75, 3.05) is 28.6 Å². The number of aromatic nitrogens is 2. The van der Waals surface area contributed by atoms with E-state index in [-0.39, 0.29) is 5.91 Å². The quantitative estimate of drug-likeness (QED) is 0.694. The zero-order valence-electron chi connectivity index (χ0n) is 15.9. The fourth-order valence-electron chi connectivity index (χ4n) is 3.26. The predicted molar refractivity (Wildman–Crippen MR) is 112 cm³/mol. The Morgan fingerprint density at radius 1 is 0.929 bits per heavy atom. The zero-order valence-corrected chi connectivity index (χ0v) is 15.9. The Labute approximate surface area is 164 Å². The second-order valence-electron chi connectivity index (χ2n) is 6.97. The van der Waals surface area contributed by atoms with E-state index in [2.05, 4.69) is 25.5 Å². The van der Waals surface area contributed by atoms with Crippen LogP contribution in [0.4, 0.5) is 22.9 Å². The second kappa shape index (κ2) is 8.08. The van der Waals surface area contributed by atoms with Crippen LogP contribution in [0.25, 0.3) is 0 Å². The number of nitrogens with one attached hydrogen (secondary N) is 2. The molecule has 6 nitrogen and oxygen atoms in total. The van der Waals surface area contributed by atoms with Gasteiger partial charge in [-0.3, -0.25) is 4.79 Å². The van der Waals surface area contributed by atoms with Crippen molar-refractivity contribution < 1.29 is 4.79 Å². The summed E-state index contributed by atoms with van der Waals surface area (Å²) in [5.74, 6) is 0.316. The summed E-state index contributed by atoms with van der Waals surface area (Å²) in [6.07, 6.45) is 3.87. The van der Waals surface area contributed by atoms with Gasteiger partial charge >= 0.3 is 0 Å². The number of carbonyl (C=O) groups excluding carboxylic acids is 1. The topological polar surface area (TPSA) is 70.2 Å². The SMILES string of the molecule is Cc1ccc(Nc2cc(C(=O)Nc3ccc(N4CCCC4)cc3)ncn2)cc1. The number of rotatable bonds is 5. The van der Waals surface area contributed by atoms with Crippen LogP contribution in [0.15, 0.2) is 60.9 Å². The van der Waals surface area contributed by atoms with Crippen LogP contribution in [0, 0.1) is 6.92 Å². The number of hydrogen-bond donors (Lipinski definition) is 2. The van der Waals surface area contributed by atoms with Gasteiger partial charge in [-0.05, 0) is 56.2 Å². The van der Waals surface area contributed by atoms with Gasteiger partial charge in [-0.15, -0.1) is 0 Å². The average Bonchev–Trinajstić information content (AvgIpc) is 3.25. The van der Waals surface area contributed by atoms with E-state index in [0.717, 1.165) is 24.5 Å². The van der Waals surface area contributed by atoms with Crippen LogP contribution in [-0.4, -0.2) is 29.0 Å². The van der Waals surface area contributed by atoms with E-state index < -0.39 is 0 Å². The molecule has 1 amide bonds. The molecule has 142 valence electrons. The molecular formula is C22H23N5O. The normalized spacial score (nSPS) is 13.4. The fourth-order valence-corrected chi connectivity index (χ4v) is 3.26. The molecule has 28 heavy (non-hydrogen) atoms. The molecule has 0 spiro atoms. The summed E-state index contributed by atoms with van der Waals surface area (Å²) >= 11 is 0. The summed E-state index contributed by atoms with van der Waals surface area (Å²) in [5.41, 5.74) is 4.35. The molecule has 0 atom stereocenters. The third-order valence-electron chi connectivity index (χ3n) is 4.82. The molecule has 0 saturated carbocycles. The minimum absolute atomic E-state index is 0.261. The van der Waals surface area contributed by atoms with Crippen LogP contribution >= 0.6 is 0 Å². The summed E-state index contributed by atoms with van der Waals surface area (Å²) in [6, 6.07) is 17.6. The van der Waals surface area contributed by atoms with E-state index in [0.29, 0.717) is 11.5 Å². The Morgan fingerprint density at radius 2 is 1.61 bits per heavy atom. The van der Waals surface area contributed by atoms with Crippen LogP contribution in [0.2, 0.25) is 0 Å². The molecule has 1 aliphatic heterocycles. The molecular weight excluding hydrogens is 350 g/mol. The first-order valence-electron chi connectivity index (χ1n) is 9.49. The molecule has 3 aromatic rings. The lowest BCUT2D eigenvalue weighted by atomic mass is 10.2. The van der Waals surface area contributed by atoms with E-state index in [1.165, 1.54) is 30.4 Å². The van der Waals surface area contributed by atoms with Gasteiger partial charge in [-0.2, -0.15) is 0 Å². The highest BCUT2D eigenvalue weighted by Crippen LogP contribution is 2.22. The summed E-state index contributed by atoms with van der Waals surface area (Å²) in [4.78, 5) is 23.2. The number of nitrogens with zero attached hydrogens (tertiary/aromatic N) is 3. The van der Waals surface area contributed by atoms with Gasteiger partial charge in [-0.1, -0.05) is 17.7 Å². The molecule has 0 unspecified atom stereocenters. The first-order valence-corrected chi connectivity index (χ1v) is 9.49. The first kappa shape index (κ1) is 18.0. The van der Waals surface area contributed by atoms with Crippen molar-refractivity contribution in [3.63, 3.8) is 0 Å². The Kier molecular flexibility index (Phi) is 5.19. The number of aryl methyl sites for hydroxylation is 1. The smallest absolute Gasteiger partial charge is 0.274 e. The summed E-state index contributed by atoms with van der Waals surface area (Å²) in [6.45, 7) is 4.24. The predicted octanol–water partition coefficient (Wildman–Crippen LogP) is 4.38. The van der Waals surface area contributed by atoms with E-state index in [1.54, 1.807) is 6.07 Å². The van der Waals surface area contributed by atoms with E-state index in [9.17, 15) is 4.79 Å². The first-order chi connectivity index (χ1) is 13.7. The van der Waals surface area contributed by atoms with Gasteiger partial charge in [0.25, 0.3) is 5.91 Å². The van der Waals surface area contributed by atoms with Crippen molar-refractivity contribution in [3.8, 4) is 0 Å². The highest BCUT2D eigenvalue weighted by molar-refractivity contribution is 6.03. The van der Waals surface area contributed by atoms with Gasteiger partial charge in [0.2, 0.25) is 0 Å². The number of anilines is 4. The Hall–Kier alpha value is -3.41. The van der Waals surface area contributed by atoms with Crippen molar-refractivity contribution in [1.29, 1.82) is 0 Å². The Bertz CT molecular complexity index is 947. The molecule has 0 bridgehead atoms. The van der Waals surface area contributed by atoms with Gasteiger partial charge in [0, 0.05) is 36.2 Å². The molecule has 0 aliphatic carbocycles. The van der Waals surface area contributed by atoms with Crippen LogP contribution in [0.3, 0.4) is 0 Å². The zero-order chi connectivity index (χ0) is 19.3. The highest BCUT2D eigenvalue weighted by Gasteiger charge is 2.13. The summed E-state index contributed by atoms with van der Waals surface area (Å²) in [5, 5.41) is 6.09. The van der Waals surface area contributed by atoms with Gasteiger partial charge in [-0.25, -0.2) is 9.97 Å². The van der Waals surface area contributed by atoms with Crippen LogP contribution in [0.1, 0.15) is 28.9 Å². The van der Waals surface area contributed by atoms with Crippen molar-refractivity contribution in [2.45, 2.75) is 19.8 Å². The number of hydrogen-bond acceptors (Lipinski definition) is 5. The van der Waals surface area contributed by atoms with Gasteiger partial charge < -0.3 is 15.5 Å². The summed E-state index contributed by atoms with van der Waals surface area (Å²) < 4.78 is 0. The Balaban J connectivity index is 1.42. The third-order valence-corrected chi connectivity index (χ3v) is 4.82. The molecule has 1 aliphatic rings. The van der Waals surface area contributed by atoms with Crippen LogP contribution < -0.4 is 15.5 Å². The molecule has 0 radical (unpaired) electrons. The maximum absolute atomic E-state index is 12.6. The Morgan fingerprint density at radius 3 is 2.32 bits per heavy atom. The minimum atomic E-state index is -0.261. The molecule has 4 rings (SSSR count). The number of amides is 1. The van der Waals surface area contributed by atoms with Crippen LogP contribution in [0.5, 0.6) is 0 Å². The third kappa shape index (κ3) is 4.28. The molecule has 1 fully saturated rings. The molecule has 6 heteroatoms. The van der Waals surface area contributed by atoms with Crippen molar-refractivity contribution in [1.82, 2.24) is 9.97 Å². The van der Waals surface area contributed by atoms with E-state index >= 15 is 0 Å². The maximum atomic E-state index is 12.6. The second-order valence-corrected chi connectivity index (χ2v) is 6.97. The molecule has 1 saturated heterocycles. The monoisotopic (exact) mass is 373 g/mol. The van der Waals surface area contributed by atoms with E-state index in [4.69, 9.17) is 0 Å². The van der Waals surface area contributed by atoms with E-state index in [1.807, 2.05) is 55.5 Å². The molecule has 2 heterocycles. The van der Waals surface area contributed by atoms with Gasteiger partial charge in [0.1, 0.15) is 17.8 Å². The van der Waals surface area contributed by atoms with Crippen molar-refractivity contribution in [3.05, 3.63) is 72.2 Å². The number of carbonyl (C=O) groups is 1. The van der Waals surface area contributed by atoms with Crippen molar-refractivity contribution >= 4 is 28.8 Å². The lowest BCUT2D eigenvalue weighted by molar-refractivity contribution is 0.102. The van der Waals surface area contributed by atoms with Crippen LogP contribution in [-0.2, 0) is 0 Å². The lowest BCUT2D eigenvalue weighted by Crippen LogP contribution is -2.18. The molecule has 2 aromatic carbocycles. The summed E-state index contributed by atoms with van der Waals surface area (Å²) in [7, 11) is 0. The van der Waals surface area contributed by atoms with Gasteiger partial charge in [0.05, 0.1) is 0 Å². The average molecular weight is 373 g/mol. The van der Waals surface area contributed by atoms with Crippen molar-refractivity contribution in [2.24, 2.45) is 0 Å². The minimum Gasteiger partial charge on any atom is -0.372 e. The standard InChI is InChI=1S/C22H23N5O/c1-16-4-6-17(7-5-16)25-21-14-20(23-15-24-21)22(28)26-18-8-10-19(11-9-18)27-12-2-3-13-27/h4-11,14-15H,2-3,12-13H2,1H3,(H,26,28)(H,23,24,25). The number of benzene rings is 2. The molecule has 1 aromatic heterocycles. The fraction of sp³-hybridized carbons (Fsp3) is 0.227. The van der Waals surface area contributed by atoms with Gasteiger partial charge in [0.15, 0.2) is 0 Å².